The zero-order valence-electron chi connectivity index (χ0n) is 6.83. The summed E-state index contributed by atoms with van der Waals surface area (Å²) in [5.74, 6) is 0.433. The molecule has 0 aliphatic heterocycles. The highest BCUT2D eigenvalue weighted by atomic mass is 35.5. The van der Waals surface area contributed by atoms with Crippen LogP contribution in [0.3, 0.4) is 0 Å². The van der Waals surface area contributed by atoms with Crippen molar-refractivity contribution in [2.75, 3.05) is 5.73 Å². The predicted octanol–water partition coefficient (Wildman–Crippen LogP) is 3.18. The number of benzene rings is 1. The average molecular weight is 194 g/mol. The van der Waals surface area contributed by atoms with Gasteiger partial charge in [0.25, 0.3) is 0 Å². The highest BCUT2D eigenvalue weighted by molar-refractivity contribution is 6.30. The summed E-state index contributed by atoms with van der Waals surface area (Å²) in [4.78, 5) is 0. The molecule has 0 unspecified atom stereocenters. The van der Waals surface area contributed by atoms with Gasteiger partial charge in [0.2, 0.25) is 0 Å². The molecule has 13 heavy (non-hydrogen) atoms. The van der Waals surface area contributed by atoms with Gasteiger partial charge in [-0.3, -0.25) is 0 Å². The van der Waals surface area contributed by atoms with Crippen LogP contribution in [0.2, 0.25) is 5.02 Å². The molecular formula is C10H8ClNO. The third-order valence-electron chi connectivity index (χ3n) is 1.85. The largest absolute Gasteiger partial charge is 0.449 e. The molecular weight excluding hydrogens is 186 g/mol. The minimum atomic E-state index is 0.433. The lowest BCUT2D eigenvalue weighted by Crippen LogP contribution is -1.83. The Morgan fingerprint density at radius 3 is 2.31 bits per heavy atom. The fourth-order valence-electron chi connectivity index (χ4n) is 1.19. The predicted molar refractivity (Wildman–Crippen MR) is 53.6 cm³/mol. The van der Waals surface area contributed by atoms with E-state index in [4.69, 9.17) is 21.8 Å². The molecule has 1 aromatic heterocycles. The summed E-state index contributed by atoms with van der Waals surface area (Å²) < 4.78 is 4.99. The third-order valence-corrected chi connectivity index (χ3v) is 2.10. The smallest absolute Gasteiger partial charge is 0.197 e. The standard InChI is InChI=1S/C10H8ClNO/c11-8-3-1-7(2-4-8)9-5-6-13-10(9)12/h1-6H,12H2. The average Bonchev–Trinajstić information content (AvgIpc) is 2.53. The van der Waals surface area contributed by atoms with E-state index < -0.39 is 0 Å². The van der Waals surface area contributed by atoms with Crippen LogP contribution in [0.25, 0.3) is 11.1 Å². The van der Waals surface area contributed by atoms with Crippen LogP contribution >= 0.6 is 11.6 Å². The lowest BCUT2D eigenvalue weighted by atomic mass is 10.1. The van der Waals surface area contributed by atoms with E-state index in [1.165, 1.54) is 0 Å². The number of furan rings is 1. The van der Waals surface area contributed by atoms with Crippen molar-refractivity contribution >= 4 is 17.5 Å². The van der Waals surface area contributed by atoms with Gasteiger partial charge >= 0.3 is 0 Å². The quantitative estimate of drug-likeness (QED) is 0.756. The summed E-state index contributed by atoms with van der Waals surface area (Å²) in [6, 6.07) is 9.29. The molecule has 0 saturated heterocycles. The molecule has 3 heteroatoms. The third kappa shape index (κ3) is 1.53. The molecule has 0 fully saturated rings. The highest BCUT2D eigenvalue weighted by Crippen LogP contribution is 2.27. The Hall–Kier alpha value is -1.41. The summed E-state index contributed by atoms with van der Waals surface area (Å²) in [6.45, 7) is 0. The maximum atomic E-state index is 5.76. The molecule has 1 aromatic carbocycles. The van der Waals surface area contributed by atoms with Gasteiger partial charge < -0.3 is 10.2 Å². The first-order chi connectivity index (χ1) is 6.27. The summed E-state index contributed by atoms with van der Waals surface area (Å²) in [6.07, 6.45) is 1.57. The van der Waals surface area contributed by atoms with E-state index in [0.717, 1.165) is 11.1 Å². The summed E-state index contributed by atoms with van der Waals surface area (Å²) in [5.41, 5.74) is 7.52. The molecule has 0 saturated carbocycles. The minimum Gasteiger partial charge on any atom is -0.449 e. The van der Waals surface area contributed by atoms with Gasteiger partial charge in [-0.1, -0.05) is 23.7 Å². The van der Waals surface area contributed by atoms with Crippen molar-refractivity contribution in [3.8, 4) is 11.1 Å². The molecule has 0 amide bonds. The van der Waals surface area contributed by atoms with Crippen LogP contribution in [-0.4, -0.2) is 0 Å². The van der Waals surface area contributed by atoms with Crippen LogP contribution in [0.5, 0.6) is 0 Å². The van der Waals surface area contributed by atoms with E-state index in [2.05, 4.69) is 0 Å². The van der Waals surface area contributed by atoms with Gasteiger partial charge in [-0.2, -0.15) is 0 Å². The molecule has 0 atom stereocenters. The van der Waals surface area contributed by atoms with Crippen LogP contribution in [0, 0.1) is 0 Å². The molecule has 0 bridgehead atoms. The number of anilines is 1. The Kier molecular flexibility index (Phi) is 1.99. The number of hydrogen-bond acceptors (Lipinski definition) is 2. The molecule has 2 nitrogen and oxygen atoms in total. The van der Waals surface area contributed by atoms with Crippen molar-refractivity contribution in [1.82, 2.24) is 0 Å². The number of nitrogen functional groups attached to an aromatic ring is 1. The van der Waals surface area contributed by atoms with Gasteiger partial charge in [-0.15, -0.1) is 0 Å². The maximum absolute atomic E-state index is 5.76. The number of hydrogen-bond donors (Lipinski definition) is 1. The molecule has 2 rings (SSSR count). The first kappa shape index (κ1) is 8.20. The van der Waals surface area contributed by atoms with Crippen LogP contribution in [0.4, 0.5) is 5.88 Å². The molecule has 0 aliphatic rings. The molecule has 1 heterocycles. The normalized spacial score (nSPS) is 10.2. The highest BCUT2D eigenvalue weighted by Gasteiger charge is 2.03. The second kappa shape index (κ2) is 3.15. The maximum Gasteiger partial charge on any atom is 0.197 e. The van der Waals surface area contributed by atoms with Crippen LogP contribution in [0.15, 0.2) is 41.0 Å². The van der Waals surface area contributed by atoms with Gasteiger partial charge in [0.1, 0.15) is 0 Å². The van der Waals surface area contributed by atoms with Crippen molar-refractivity contribution in [3.05, 3.63) is 41.6 Å². The first-order valence-corrected chi connectivity index (χ1v) is 4.24. The first-order valence-electron chi connectivity index (χ1n) is 3.86. The SMILES string of the molecule is Nc1occc1-c1ccc(Cl)cc1. The number of rotatable bonds is 1. The lowest BCUT2D eigenvalue weighted by Gasteiger charge is -1.98. The van der Waals surface area contributed by atoms with Crippen LogP contribution < -0.4 is 5.73 Å². The lowest BCUT2D eigenvalue weighted by molar-refractivity contribution is 0.588. The van der Waals surface area contributed by atoms with E-state index in [9.17, 15) is 0 Å². The van der Waals surface area contributed by atoms with Gasteiger partial charge in [-0.05, 0) is 23.8 Å². The molecule has 2 aromatic rings. The fourth-order valence-corrected chi connectivity index (χ4v) is 1.31. The zero-order valence-corrected chi connectivity index (χ0v) is 7.58. The van der Waals surface area contributed by atoms with Crippen molar-refractivity contribution in [2.45, 2.75) is 0 Å². The fraction of sp³-hybridized carbons (Fsp3) is 0. The summed E-state index contributed by atoms with van der Waals surface area (Å²) >= 11 is 5.76. The van der Waals surface area contributed by atoms with Crippen molar-refractivity contribution in [2.24, 2.45) is 0 Å². The Morgan fingerprint density at radius 2 is 1.77 bits per heavy atom. The number of halogens is 1. The van der Waals surface area contributed by atoms with E-state index in [-0.39, 0.29) is 0 Å². The zero-order chi connectivity index (χ0) is 9.26. The van der Waals surface area contributed by atoms with E-state index in [0.29, 0.717) is 10.9 Å². The second-order valence-electron chi connectivity index (χ2n) is 2.71. The molecule has 2 N–H and O–H groups in total. The van der Waals surface area contributed by atoms with Crippen molar-refractivity contribution in [3.63, 3.8) is 0 Å². The topological polar surface area (TPSA) is 39.2 Å². The molecule has 0 spiro atoms. The Balaban J connectivity index is 2.47. The van der Waals surface area contributed by atoms with Gasteiger partial charge in [-0.25, -0.2) is 0 Å². The van der Waals surface area contributed by atoms with Crippen LogP contribution in [-0.2, 0) is 0 Å². The Bertz CT molecular complexity index is 405. The van der Waals surface area contributed by atoms with Gasteiger partial charge in [0, 0.05) is 10.6 Å². The minimum absolute atomic E-state index is 0.433. The summed E-state index contributed by atoms with van der Waals surface area (Å²) in [5, 5.41) is 0.714. The van der Waals surface area contributed by atoms with Crippen molar-refractivity contribution in [1.29, 1.82) is 0 Å². The molecule has 0 aliphatic carbocycles. The molecule has 0 radical (unpaired) electrons. The monoisotopic (exact) mass is 193 g/mol. The van der Waals surface area contributed by atoms with Crippen LogP contribution in [0.1, 0.15) is 0 Å². The van der Waals surface area contributed by atoms with E-state index in [1.54, 1.807) is 6.26 Å². The summed E-state index contributed by atoms with van der Waals surface area (Å²) in [7, 11) is 0. The van der Waals surface area contributed by atoms with E-state index >= 15 is 0 Å². The number of nitrogens with two attached hydrogens (primary N) is 1. The van der Waals surface area contributed by atoms with Gasteiger partial charge in [0.15, 0.2) is 5.88 Å². The van der Waals surface area contributed by atoms with Gasteiger partial charge in [0.05, 0.1) is 6.26 Å². The second-order valence-corrected chi connectivity index (χ2v) is 3.14. The Morgan fingerprint density at radius 1 is 1.08 bits per heavy atom. The van der Waals surface area contributed by atoms with Crippen molar-refractivity contribution < 1.29 is 4.42 Å². The molecule has 66 valence electrons. The van der Waals surface area contributed by atoms with E-state index in [1.807, 2.05) is 30.3 Å². The Labute approximate surface area is 80.9 Å².